The largest absolute Gasteiger partial charge is 0.493 e. The van der Waals surface area contributed by atoms with Gasteiger partial charge in [0.1, 0.15) is 11.2 Å². The summed E-state index contributed by atoms with van der Waals surface area (Å²) in [7, 11) is 1.31. The molecule has 11 heteroatoms. The van der Waals surface area contributed by atoms with Crippen molar-refractivity contribution in [1.82, 2.24) is 9.88 Å². The third-order valence-corrected chi connectivity index (χ3v) is 5.66. The van der Waals surface area contributed by atoms with Gasteiger partial charge in [-0.2, -0.15) is 8.78 Å². The van der Waals surface area contributed by atoms with Gasteiger partial charge in [0, 0.05) is 6.04 Å². The molecular weight excluding hydrogens is 470 g/mol. The van der Waals surface area contributed by atoms with Gasteiger partial charge in [-0.1, -0.05) is 19.4 Å². The maximum Gasteiger partial charge on any atom is 0.387 e. The van der Waals surface area contributed by atoms with E-state index in [0.717, 1.165) is 30.3 Å². The fourth-order valence-corrected chi connectivity index (χ4v) is 4.20. The molecule has 0 aliphatic carbocycles. The molecule has 0 bridgehead atoms. The Hall–Kier alpha value is -3.21. The van der Waals surface area contributed by atoms with Crippen LogP contribution in [-0.4, -0.2) is 42.8 Å². The topological polar surface area (TPSA) is 95.9 Å². The Morgan fingerprint density at radius 2 is 1.97 bits per heavy atom. The molecule has 0 aliphatic heterocycles. The van der Waals surface area contributed by atoms with Gasteiger partial charge in [-0.05, 0) is 44.0 Å². The van der Waals surface area contributed by atoms with Crippen molar-refractivity contribution >= 4 is 35.4 Å². The molecule has 0 saturated heterocycles. The molecule has 2 rings (SSSR count). The van der Waals surface area contributed by atoms with E-state index in [1.54, 1.807) is 6.92 Å². The van der Waals surface area contributed by atoms with Crippen LogP contribution in [0, 0.1) is 0 Å². The number of esters is 1. The molecule has 0 saturated carbocycles. The molecule has 1 unspecified atom stereocenters. The number of amides is 1. The van der Waals surface area contributed by atoms with Crippen LogP contribution in [0.3, 0.4) is 0 Å². The molecule has 0 radical (unpaired) electrons. The molecule has 1 aromatic heterocycles. The highest BCUT2D eigenvalue weighted by Crippen LogP contribution is 2.29. The Bertz CT molecular complexity index is 1180. The highest BCUT2D eigenvalue weighted by Gasteiger charge is 2.14. The molecule has 34 heavy (non-hydrogen) atoms. The second kappa shape index (κ2) is 12.9. The van der Waals surface area contributed by atoms with Gasteiger partial charge >= 0.3 is 12.6 Å². The summed E-state index contributed by atoms with van der Waals surface area (Å²) >= 11 is 1.00. The highest BCUT2D eigenvalue weighted by atomic mass is 32.1. The summed E-state index contributed by atoms with van der Waals surface area (Å²) < 4.78 is 41.3. The quantitative estimate of drug-likeness (QED) is 0.476. The normalized spacial score (nSPS) is 13.1. The lowest BCUT2D eigenvalue weighted by molar-refractivity contribution is -0.135. The van der Waals surface area contributed by atoms with Crippen LogP contribution in [0.5, 0.6) is 11.5 Å². The fourth-order valence-electron chi connectivity index (χ4n) is 3.17. The fraction of sp³-hybridized carbons (Fsp3) is 0.435. The standard InChI is InChI=1S/C23H28F2N2O6S/c1-5-7-14(3)26-19(28)13-27-20(12-21(29)32-6-2)34-18(22(27)30)11-15-8-9-16(33-23(24)25)17(10-15)31-4/h8-12,14,23H,5-7,13H2,1-4H3,(H,26,28)/b18-11-,20-12-. The minimum atomic E-state index is -3.01. The van der Waals surface area contributed by atoms with E-state index in [-0.39, 0.29) is 45.8 Å². The maximum atomic E-state index is 13.1. The Labute approximate surface area is 199 Å². The van der Waals surface area contributed by atoms with Crippen LogP contribution in [-0.2, 0) is 20.9 Å². The average Bonchev–Trinajstić information content (AvgIpc) is 3.03. The molecule has 1 amide bonds. The zero-order valence-electron chi connectivity index (χ0n) is 19.4. The molecule has 1 N–H and O–H groups in total. The molecule has 8 nitrogen and oxygen atoms in total. The van der Waals surface area contributed by atoms with Gasteiger partial charge in [0.2, 0.25) is 5.91 Å². The molecule has 1 heterocycles. The minimum absolute atomic E-state index is 0.0585. The number of carbonyl (C=O) groups is 2. The van der Waals surface area contributed by atoms with Crippen molar-refractivity contribution in [1.29, 1.82) is 0 Å². The zero-order chi connectivity index (χ0) is 25.3. The number of methoxy groups -OCH3 is 1. The van der Waals surface area contributed by atoms with E-state index in [2.05, 4.69) is 10.1 Å². The van der Waals surface area contributed by atoms with Crippen LogP contribution < -0.4 is 29.5 Å². The number of carbonyl (C=O) groups excluding carboxylic acids is 2. The predicted molar refractivity (Wildman–Crippen MR) is 125 cm³/mol. The Kier molecular flexibility index (Phi) is 10.2. The van der Waals surface area contributed by atoms with Crippen LogP contribution in [0.4, 0.5) is 8.78 Å². The van der Waals surface area contributed by atoms with Crippen LogP contribution in [0.2, 0.25) is 0 Å². The van der Waals surface area contributed by atoms with Crippen LogP contribution in [0.1, 0.15) is 39.2 Å². The number of benzene rings is 1. The Morgan fingerprint density at radius 1 is 1.24 bits per heavy atom. The number of nitrogens with one attached hydrogen (secondary N) is 1. The summed E-state index contributed by atoms with van der Waals surface area (Å²) in [5.74, 6) is -1.08. The summed E-state index contributed by atoms with van der Waals surface area (Å²) in [6.45, 7) is 2.40. The smallest absolute Gasteiger partial charge is 0.387 e. The van der Waals surface area contributed by atoms with E-state index in [1.165, 1.54) is 36.0 Å². The van der Waals surface area contributed by atoms with Gasteiger partial charge in [0.25, 0.3) is 5.56 Å². The lowest BCUT2D eigenvalue weighted by Crippen LogP contribution is -2.41. The van der Waals surface area contributed by atoms with Crippen LogP contribution in [0.15, 0.2) is 23.0 Å². The van der Waals surface area contributed by atoms with Crippen LogP contribution >= 0.6 is 11.3 Å². The molecule has 0 spiro atoms. The number of hydrogen-bond donors (Lipinski definition) is 1. The van der Waals surface area contributed by atoms with Gasteiger partial charge in [-0.25, -0.2) is 4.79 Å². The minimum Gasteiger partial charge on any atom is -0.493 e. The van der Waals surface area contributed by atoms with Gasteiger partial charge < -0.3 is 19.5 Å². The summed E-state index contributed by atoms with van der Waals surface area (Å²) in [6, 6.07) is 4.17. The summed E-state index contributed by atoms with van der Waals surface area (Å²) in [5.41, 5.74) is -0.00149. The van der Waals surface area contributed by atoms with Crippen molar-refractivity contribution in [2.75, 3.05) is 13.7 Å². The van der Waals surface area contributed by atoms with E-state index in [1.807, 2.05) is 13.8 Å². The van der Waals surface area contributed by atoms with E-state index in [0.29, 0.717) is 5.56 Å². The summed E-state index contributed by atoms with van der Waals surface area (Å²) in [4.78, 5) is 37.6. The second-order valence-electron chi connectivity index (χ2n) is 7.28. The zero-order valence-corrected chi connectivity index (χ0v) is 20.2. The number of hydrogen-bond acceptors (Lipinski definition) is 7. The molecular formula is C23H28F2N2O6S. The Balaban J connectivity index is 2.51. The van der Waals surface area contributed by atoms with E-state index in [9.17, 15) is 23.2 Å². The summed E-state index contributed by atoms with van der Waals surface area (Å²) in [5, 5.41) is 2.83. The van der Waals surface area contributed by atoms with Crippen molar-refractivity contribution in [2.24, 2.45) is 0 Å². The first-order valence-electron chi connectivity index (χ1n) is 10.7. The van der Waals surface area contributed by atoms with Crippen molar-refractivity contribution in [2.45, 2.75) is 52.8 Å². The number of rotatable bonds is 11. The third kappa shape index (κ3) is 7.68. The lowest BCUT2D eigenvalue weighted by Gasteiger charge is -2.12. The number of alkyl halides is 2. The first-order valence-corrected chi connectivity index (χ1v) is 11.5. The van der Waals surface area contributed by atoms with E-state index >= 15 is 0 Å². The predicted octanol–water partition coefficient (Wildman–Crippen LogP) is 2.00. The average molecular weight is 499 g/mol. The highest BCUT2D eigenvalue weighted by molar-refractivity contribution is 7.07. The number of nitrogens with zero attached hydrogens (tertiary/aromatic N) is 1. The van der Waals surface area contributed by atoms with Crippen molar-refractivity contribution in [3.63, 3.8) is 0 Å². The molecule has 0 fully saturated rings. The van der Waals surface area contributed by atoms with Crippen molar-refractivity contribution < 1.29 is 32.6 Å². The second-order valence-corrected chi connectivity index (χ2v) is 8.34. The summed E-state index contributed by atoms with van der Waals surface area (Å²) in [6.07, 6.45) is 4.36. The number of halogens is 2. The molecule has 1 aromatic carbocycles. The first kappa shape index (κ1) is 27.0. The van der Waals surface area contributed by atoms with Crippen molar-refractivity contribution in [3.8, 4) is 11.5 Å². The number of ether oxygens (including phenoxy) is 3. The molecule has 0 aliphatic rings. The maximum absolute atomic E-state index is 13.1. The van der Waals surface area contributed by atoms with Gasteiger partial charge in [0.15, 0.2) is 11.5 Å². The SMILES string of the molecule is CCCC(C)NC(=O)Cn1c(=O)/c(=C/c2ccc(OC(F)F)c(OC)c2)s/c1=C\C(=O)OCC. The molecule has 1 atom stereocenters. The first-order chi connectivity index (χ1) is 16.2. The van der Waals surface area contributed by atoms with Gasteiger partial charge in [-0.15, -0.1) is 11.3 Å². The Morgan fingerprint density at radius 3 is 2.59 bits per heavy atom. The molecule has 2 aromatic rings. The number of aromatic nitrogens is 1. The third-order valence-electron chi connectivity index (χ3n) is 4.60. The number of thiazole rings is 1. The van der Waals surface area contributed by atoms with Gasteiger partial charge in [0.05, 0.1) is 24.3 Å². The molecule has 186 valence electrons. The van der Waals surface area contributed by atoms with E-state index in [4.69, 9.17) is 9.47 Å². The monoisotopic (exact) mass is 498 g/mol. The lowest BCUT2D eigenvalue weighted by atomic mass is 10.2. The van der Waals surface area contributed by atoms with Crippen molar-refractivity contribution in [3.05, 3.63) is 43.3 Å². The van der Waals surface area contributed by atoms with E-state index < -0.39 is 18.1 Å². The van der Waals surface area contributed by atoms with Gasteiger partial charge in [-0.3, -0.25) is 14.2 Å². The van der Waals surface area contributed by atoms with Crippen LogP contribution in [0.25, 0.3) is 12.2 Å².